The Bertz CT molecular complexity index is 858. The molecule has 2 heterocycles. The Balaban J connectivity index is 1.44. The number of furan rings is 2. The average molecular weight is 338 g/mol. The molecule has 1 aliphatic rings. The predicted molar refractivity (Wildman–Crippen MR) is 96.2 cm³/mol. The van der Waals surface area contributed by atoms with E-state index >= 15 is 0 Å². The van der Waals surface area contributed by atoms with Gasteiger partial charge in [-0.05, 0) is 55.4 Å². The summed E-state index contributed by atoms with van der Waals surface area (Å²) in [5.74, 6) is 0.712. The van der Waals surface area contributed by atoms with Crippen LogP contribution in [0.1, 0.15) is 36.2 Å². The van der Waals surface area contributed by atoms with Gasteiger partial charge in [-0.3, -0.25) is 4.79 Å². The number of nitrogens with one attached hydrogen (secondary N) is 1. The van der Waals surface area contributed by atoms with E-state index in [0.29, 0.717) is 29.8 Å². The van der Waals surface area contributed by atoms with Crippen molar-refractivity contribution in [2.75, 3.05) is 6.54 Å². The molecule has 130 valence electrons. The summed E-state index contributed by atoms with van der Waals surface area (Å²) in [5, 5.41) is 3.92. The van der Waals surface area contributed by atoms with Gasteiger partial charge in [-0.2, -0.15) is 0 Å². The van der Waals surface area contributed by atoms with Crippen LogP contribution in [0.5, 0.6) is 0 Å². The minimum Gasteiger partial charge on any atom is -0.472 e. The fourth-order valence-electron chi connectivity index (χ4n) is 3.47. The smallest absolute Gasteiger partial charge is 0.287 e. The van der Waals surface area contributed by atoms with Gasteiger partial charge in [0, 0.05) is 23.5 Å². The zero-order valence-corrected chi connectivity index (χ0v) is 14.0. The van der Waals surface area contributed by atoms with Gasteiger partial charge in [-0.1, -0.05) is 12.1 Å². The van der Waals surface area contributed by atoms with Gasteiger partial charge >= 0.3 is 0 Å². The summed E-state index contributed by atoms with van der Waals surface area (Å²) in [6.07, 6.45) is 7.57. The highest BCUT2D eigenvalue weighted by Crippen LogP contribution is 2.27. The molecule has 3 N–H and O–H groups in total. The van der Waals surface area contributed by atoms with Crippen LogP contribution in [-0.2, 0) is 0 Å². The van der Waals surface area contributed by atoms with Crippen LogP contribution in [0.15, 0.2) is 51.7 Å². The Morgan fingerprint density at radius 2 is 1.96 bits per heavy atom. The Morgan fingerprint density at radius 1 is 1.12 bits per heavy atom. The van der Waals surface area contributed by atoms with Gasteiger partial charge in [-0.15, -0.1) is 0 Å². The molecule has 0 radical (unpaired) electrons. The Morgan fingerprint density at radius 3 is 2.72 bits per heavy atom. The number of hydrogen-bond donors (Lipinski definition) is 2. The van der Waals surface area contributed by atoms with Crippen molar-refractivity contribution in [3.8, 4) is 11.1 Å². The number of carbonyl (C=O) groups is 1. The first-order valence-electron chi connectivity index (χ1n) is 8.79. The lowest BCUT2D eigenvalue weighted by molar-refractivity contribution is 0.0917. The summed E-state index contributed by atoms with van der Waals surface area (Å²) in [6, 6.07) is 9.90. The molecule has 2 aromatic heterocycles. The van der Waals surface area contributed by atoms with E-state index in [9.17, 15) is 4.79 Å². The number of fused-ring (bicyclic) bond motifs is 1. The molecule has 25 heavy (non-hydrogen) atoms. The normalized spacial score (nSPS) is 20.7. The molecule has 5 heteroatoms. The molecule has 3 aromatic rings. The van der Waals surface area contributed by atoms with E-state index in [0.717, 1.165) is 42.2 Å². The highest BCUT2D eigenvalue weighted by atomic mass is 16.3. The third-order valence-electron chi connectivity index (χ3n) is 5.04. The monoisotopic (exact) mass is 338 g/mol. The SMILES string of the molecule is NC1CCC(CNC(=O)c2cc3ccc(-c4ccoc4)cc3o2)CC1. The van der Waals surface area contributed by atoms with E-state index in [-0.39, 0.29) is 5.91 Å². The van der Waals surface area contributed by atoms with Gasteiger partial charge in [0.25, 0.3) is 5.91 Å². The van der Waals surface area contributed by atoms with Gasteiger partial charge in [0.1, 0.15) is 5.58 Å². The van der Waals surface area contributed by atoms with Crippen molar-refractivity contribution >= 4 is 16.9 Å². The van der Waals surface area contributed by atoms with Crippen LogP contribution in [0.4, 0.5) is 0 Å². The van der Waals surface area contributed by atoms with E-state index in [1.165, 1.54) is 0 Å². The van der Waals surface area contributed by atoms with E-state index in [1.54, 1.807) is 18.6 Å². The molecule has 0 saturated heterocycles. The summed E-state index contributed by atoms with van der Waals surface area (Å²) in [7, 11) is 0. The van der Waals surface area contributed by atoms with Crippen molar-refractivity contribution in [3.05, 3.63) is 48.6 Å². The molecule has 5 nitrogen and oxygen atoms in total. The van der Waals surface area contributed by atoms with Crippen molar-refractivity contribution in [3.63, 3.8) is 0 Å². The molecule has 1 saturated carbocycles. The summed E-state index contributed by atoms with van der Waals surface area (Å²) in [6.45, 7) is 0.683. The molecule has 0 aliphatic heterocycles. The molecule has 1 amide bonds. The van der Waals surface area contributed by atoms with Gasteiger partial charge in [-0.25, -0.2) is 0 Å². The highest BCUT2D eigenvalue weighted by Gasteiger charge is 2.20. The maximum atomic E-state index is 12.4. The fraction of sp³-hybridized carbons (Fsp3) is 0.350. The molecule has 0 spiro atoms. The van der Waals surface area contributed by atoms with Crippen LogP contribution in [0.3, 0.4) is 0 Å². The van der Waals surface area contributed by atoms with Gasteiger partial charge in [0.15, 0.2) is 5.76 Å². The number of amides is 1. The lowest BCUT2D eigenvalue weighted by Crippen LogP contribution is -2.34. The second-order valence-electron chi connectivity index (χ2n) is 6.87. The summed E-state index contributed by atoms with van der Waals surface area (Å²) in [5.41, 5.74) is 8.61. The van der Waals surface area contributed by atoms with Crippen molar-refractivity contribution in [2.45, 2.75) is 31.7 Å². The second kappa shape index (κ2) is 6.76. The third kappa shape index (κ3) is 3.46. The molecule has 0 bridgehead atoms. The largest absolute Gasteiger partial charge is 0.472 e. The third-order valence-corrected chi connectivity index (χ3v) is 5.04. The van der Waals surface area contributed by atoms with E-state index < -0.39 is 0 Å². The topological polar surface area (TPSA) is 81.4 Å². The van der Waals surface area contributed by atoms with E-state index in [1.807, 2.05) is 24.3 Å². The molecule has 1 aliphatic carbocycles. The van der Waals surface area contributed by atoms with Gasteiger partial charge in [0.05, 0.1) is 12.5 Å². The second-order valence-corrected chi connectivity index (χ2v) is 6.87. The molecule has 1 fully saturated rings. The Hall–Kier alpha value is -2.53. The molecular weight excluding hydrogens is 316 g/mol. The quantitative estimate of drug-likeness (QED) is 0.755. The van der Waals surface area contributed by atoms with Crippen molar-refractivity contribution in [1.82, 2.24) is 5.32 Å². The summed E-state index contributed by atoms with van der Waals surface area (Å²) in [4.78, 5) is 12.4. The number of benzene rings is 1. The first-order chi connectivity index (χ1) is 12.2. The van der Waals surface area contributed by atoms with Gasteiger partial charge in [0.2, 0.25) is 0 Å². The number of rotatable bonds is 4. The predicted octanol–water partition coefficient (Wildman–Crippen LogP) is 3.94. The van der Waals surface area contributed by atoms with Crippen LogP contribution < -0.4 is 11.1 Å². The zero-order valence-electron chi connectivity index (χ0n) is 14.0. The summed E-state index contributed by atoms with van der Waals surface area (Å²) >= 11 is 0. The Labute approximate surface area is 146 Å². The molecular formula is C20H22N2O3. The number of nitrogens with two attached hydrogens (primary N) is 1. The van der Waals surface area contributed by atoms with Crippen molar-refractivity contribution in [2.24, 2.45) is 11.7 Å². The summed E-state index contributed by atoms with van der Waals surface area (Å²) < 4.78 is 10.9. The molecule has 0 atom stereocenters. The van der Waals surface area contributed by atoms with Crippen LogP contribution >= 0.6 is 0 Å². The van der Waals surface area contributed by atoms with Crippen LogP contribution in [0.25, 0.3) is 22.1 Å². The van der Waals surface area contributed by atoms with Crippen molar-refractivity contribution in [1.29, 1.82) is 0 Å². The first-order valence-corrected chi connectivity index (χ1v) is 8.79. The Kier molecular flexibility index (Phi) is 4.32. The lowest BCUT2D eigenvalue weighted by atomic mass is 9.86. The average Bonchev–Trinajstić information content (AvgIpc) is 3.29. The number of hydrogen-bond acceptors (Lipinski definition) is 4. The van der Waals surface area contributed by atoms with Crippen LogP contribution in [0.2, 0.25) is 0 Å². The minimum absolute atomic E-state index is 0.157. The van der Waals surface area contributed by atoms with E-state index in [4.69, 9.17) is 14.6 Å². The molecule has 1 aromatic carbocycles. The van der Waals surface area contributed by atoms with E-state index in [2.05, 4.69) is 5.32 Å². The number of carbonyl (C=O) groups excluding carboxylic acids is 1. The molecule has 0 unspecified atom stereocenters. The maximum Gasteiger partial charge on any atom is 0.287 e. The van der Waals surface area contributed by atoms with Crippen LogP contribution in [0, 0.1) is 5.92 Å². The van der Waals surface area contributed by atoms with Gasteiger partial charge < -0.3 is 19.9 Å². The minimum atomic E-state index is -0.157. The first kappa shape index (κ1) is 16.0. The van der Waals surface area contributed by atoms with Crippen molar-refractivity contribution < 1.29 is 13.6 Å². The zero-order chi connectivity index (χ0) is 17.2. The lowest BCUT2D eigenvalue weighted by Gasteiger charge is -2.25. The van der Waals surface area contributed by atoms with Crippen LogP contribution in [-0.4, -0.2) is 18.5 Å². The highest BCUT2D eigenvalue weighted by molar-refractivity contribution is 5.96. The molecule has 4 rings (SSSR count). The standard InChI is InChI=1S/C20H22N2O3/c21-17-5-1-13(2-6-17)11-22-20(23)19-10-15-4-3-14(9-18(15)25-19)16-7-8-24-12-16/h3-4,7-10,12-13,17H,1-2,5-6,11,21H2,(H,22,23). The fourth-order valence-corrected chi connectivity index (χ4v) is 3.47. The maximum absolute atomic E-state index is 12.4.